The molecule has 1 amide bonds. The van der Waals surface area contributed by atoms with Crippen molar-refractivity contribution in [2.24, 2.45) is 5.41 Å². The Morgan fingerprint density at radius 2 is 2.00 bits per heavy atom. The third-order valence-electron chi connectivity index (χ3n) is 5.78. The first kappa shape index (κ1) is 26.4. The zero-order valence-corrected chi connectivity index (χ0v) is 21.2. The maximum Gasteiger partial charge on any atom is 0.316 e. The topological polar surface area (TPSA) is 114 Å². The van der Waals surface area contributed by atoms with Crippen molar-refractivity contribution in [3.8, 4) is 28.7 Å². The fourth-order valence-electron chi connectivity index (χ4n) is 3.65. The maximum atomic E-state index is 13.6. The van der Waals surface area contributed by atoms with Crippen molar-refractivity contribution in [1.82, 2.24) is 30.2 Å². The van der Waals surface area contributed by atoms with Crippen molar-refractivity contribution in [2.75, 3.05) is 47.0 Å². The number of amides is 1. The van der Waals surface area contributed by atoms with E-state index < -0.39 is 11.7 Å². The van der Waals surface area contributed by atoms with Crippen molar-refractivity contribution < 1.29 is 23.4 Å². The molecule has 3 aromatic rings. The number of nitrogens with zero attached hydrogens (tertiary/aromatic N) is 4. The summed E-state index contributed by atoms with van der Waals surface area (Å²) in [5.41, 5.74) is 1.48. The molecule has 196 valence electrons. The first-order chi connectivity index (χ1) is 17.8. The highest BCUT2D eigenvalue weighted by atomic mass is 19.1. The summed E-state index contributed by atoms with van der Waals surface area (Å²) in [4.78, 5) is 31.2. The lowest BCUT2D eigenvalue weighted by molar-refractivity contribution is -0.230. The number of aromatic amines is 1. The van der Waals surface area contributed by atoms with Crippen LogP contribution in [0.2, 0.25) is 0 Å². The Morgan fingerprint density at radius 3 is 2.68 bits per heavy atom. The van der Waals surface area contributed by atoms with Gasteiger partial charge < -0.3 is 29.4 Å². The number of aromatic nitrogens is 4. The van der Waals surface area contributed by atoms with Crippen LogP contribution in [0.15, 0.2) is 49.2 Å². The summed E-state index contributed by atoms with van der Waals surface area (Å²) in [7, 11) is 3.90. The predicted octanol–water partition coefficient (Wildman–Crippen LogP) is 2.97. The number of hydrogen-bond acceptors (Lipinski definition) is 8. The Bertz CT molecular complexity index is 1220. The van der Waals surface area contributed by atoms with Gasteiger partial charge >= 0.3 is 6.01 Å². The quantitative estimate of drug-likeness (QED) is 0.400. The Kier molecular flexibility index (Phi) is 8.27. The minimum atomic E-state index is -0.847. The molecule has 0 bridgehead atoms. The molecule has 3 heterocycles. The average Bonchev–Trinajstić information content (AvgIpc) is 3.33. The van der Waals surface area contributed by atoms with Crippen LogP contribution in [0.1, 0.15) is 19.0 Å². The van der Waals surface area contributed by atoms with Gasteiger partial charge in [-0.25, -0.2) is 14.4 Å². The SMILES string of the molecule is C=CCNC(=O)C1(C)COC(c2nc(-c3ccc(F)cc3)c(-c3ccnc(OCCN(C)C)n3)[nH]2)OC1. The molecule has 4 rings (SSSR count). The number of rotatable bonds is 10. The summed E-state index contributed by atoms with van der Waals surface area (Å²) < 4.78 is 31.1. The monoisotopic (exact) mass is 510 g/mol. The second-order valence-electron chi connectivity index (χ2n) is 9.24. The minimum absolute atomic E-state index is 0.139. The molecular formula is C26H31FN6O4. The van der Waals surface area contributed by atoms with Crippen LogP contribution in [-0.4, -0.2) is 77.7 Å². The summed E-state index contributed by atoms with van der Waals surface area (Å²) in [5.74, 6) is -0.134. The summed E-state index contributed by atoms with van der Waals surface area (Å²) >= 11 is 0. The van der Waals surface area contributed by atoms with Crippen molar-refractivity contribution in [1.29, 1.82) is 0 Å². The third-order valence-corrected chi connectivity index (χ3v) is 5.78. The number of hydrogen-bond donors (Lipinski definition) is 2. The van der Waals surface area contributed by atoms with Crippen molar-refractivity contribution >= 4 is 5.91 Å². The second-order valence-corrected chi connectivity index (χ2v) is 9.24. The van der Waals surface area contributed by atoms with E-state index in [1.165, 1.54) is 12.1 Å². The molecule has 2 N–H and O–H groups in total. The number of nitrogens with one attached hydrogen (secondary N) is 2. The van der Waals surface area contributed by atoms with Gasteiger partial charge in [-0.1, -0.05) is 6.08 Å². The number of H-pyrrole nitrogens is 1. The van der Waals surface area contributed by atoms with Gasteiger partial charge in [0.05, 0.1) is 35.7 Å². The highest BCUT2D eigenvalue weighted by Gasteiger charge is 2.40. The van der Waals surface area contributed by atoms with Crippen LogP contribution in [0.5, 0.6) is 6.01 Å². The van der Waals surface area contributed by atoms with Gasteiger partial charge in [0.15, 0.2) is 5.82 Å². The second kappa shape index (κ2) is 11.6. The van der Waals surface area contributed by atoms with E-state index in [1.54, 1.807) is 37.4 Å². The standard InChI is InChI=1S/C26H31FN6O4/c1-5-11-28-24(34)26(2)15-36-23(37-16-26)22-31-20(17-6-8-18(27)9-7-17)21(32-22)19-10-12-29-25(30-19)35-14-13-33(3)4/h5-10,12,23H,1,11,13-16H2,2-4H3,(H,28,34)(H,31,32). The number of ether oxygens (including phenoxy) is 3. The molecule has 1 saturated heterocycles. The van der Waals surface area contributed by atoms with E-state index in [-0.39, 0.29) is 30.9 Å². The van der Waals surface area contributed by atoms with Crippen molar-refractivity contribution in [3.63, 3.8) is 0 Å². The average molecular weight is 511 g/mol. The molecule has 1 aliphatic heterocycles. The Morgan fingerprint density at radius 1 is 1.27 bits per heavy atom. The van der Waals surface area contributed by atoms with E-state index in [9.17, 15) is 9.18 Å². The molecule has 0 unspecified atom stereocenters. The van der Waals surface area contributed by atoms with E-state index >= 15 is 0 Å². The van der Waals surface area contributed by atoms with E-state index in [1.807, 2.05) is 19.0 Å². The molecule has 0 radical (unpaired) electrons. The highest BCUT2D eigenvalue weighted by Crippen LogP contribution is 2.35. The maximum absolute atomic E-state index is 13.6. The smallest absolute Gasteiger partial charge is 0.316 e. The fourth-order valence-corrected chi connectivity index (χ4v) is 3.65. The van der Waals surface area contributed by atoms with Crippen LogP contribution in [0.3, 0.4) is 0 Å². The molecule has 1 aliphatic rings. The summed E-state index contributed by atoms with van der Waals surface area (Å²) in [6, 6.07) is 7.96. The van der Waals surface area contributed by atoms with E-state index in [2.05, 4.69) is 26.8 Å². The minimum Gasteiger partial charge on any atom is -0.462 e. The number of benzene rings is 1. The van der Waals surface area contributed by atoms with Crippen LogP contribution in [-0.2, 0) is 14.3 Å². The zero-order chi connectivity index (χ0) is 26.4. The molecule has 1 fully saturated rings. The van der Waals surface area contributed by atoms with Gasteiger partial charge in [0, 0.05) is 24.8 Å². The summed E-state index contributed by atoms with van der Waals surface area (Å²) in [6.45, 7) is 7.17. The number of carbonyl (C=O) groups is 1. The summed E-state index contributed by atoms with van der Waals surface area (Å²) in [5, 5.41) is 2.78. The molecule has 1 aromatic carbocycles. The van der Waals surface area contributed by atoms with Crippen LogP contribution in [0.4, 0.5) is 4.39 Å². The molecule has 2 aromatic heterocycles. The molecule has 11 heteroatoms. The molecule has 0 saturated carbocycles. The normalized spacial score (nSPS) is 19.5. The van der Waals surface area contributed by atoms with Crippen LogP contribution in [0.25, 0.3) is 22.6 Å². The van der Waals surface area contributed by atoms with E-state index in [0.717, 1.165) is 0 Å². The lowest BCUT2D eigenvalue weighted by Gasteiger charge is -2.35. The lowest BCUT2D eigenvalue weighted by atomic mass is 9.91. The van der Waals surface area contributed by atoms with Gasteiger partial charge in [0.2, 0.25) is 12.2 Å². The van der Waals surface area contributed by atoms with Gasteiger partial charge in [0.25, 0.3) is 0 Å². The number of likely N-dealkylation sites (N-methyl/N-ethyl adjacent to an activating group) is 1. The third kappa shape index (κ3) is 6.37. The van der Waals surface area contributed by atoms with Crippen LogP contribution in [0, 0.1) is 11.2 Å². The highest BCUT2D eigenvalue weighted by molar-refractivity contribution is 5.82. The Balaban J connectivity index is 1.60. The summed E-state index contributed by atoms with van der Waals surface area (Å²) in [6.07, 6.45) is 2.39. The number of carbonyl (C=O) groups excluding carboxylic acids is 1. The largest absolute Gasteiger partial charge is 0.462 e. The van der Waals surface area contributed by atoms with E-state index in [4.69, 9.17) is 19.2 Å². The molecule has 0 atom stereocenters. The molecule has 0 aliphatic carbocycles. The Labute approximate surface area is 214 Å². The van der Waals surface area contributed by atoms with Gasteiger partial charge in [-0.05, 0) is 51.4 Å². The molecule has 37 heavy (non-hydrogen) atoms. The lowest BCUT2D eigenvalue weighted by Crippen LogP contribution is -2.48. The zero-order valence-electron chi connectivity index (χ0n) is 21.2. The van der Waals surface area contributed by atoms with Gasteiger partial charge in [-0.3, -0.25) is 4.79 Å². The first-order valence-electron chi connectivity index (χ1n) is 11.9. The van der Waals surface area contributed by atoms with Gasteiger partial charge in [0.1, 0.15) is 12.4 Å². The number of imidazole rings is 1. The van der Waals surface area contributed by atoms with E-state index in [0.29, 0.717) is 48.2 Å². The van der Waals surface area contributed by atoms with Crippen molar-refractivity contribution in [3.05, 3.63) is 60.8 Å². The van der Waals surface area contributed by atoms with Crippen LogP contribution < -0.4 is 10.1 Å². The molecule has 0 spiro atoms. The van der Waals surface area contributed by atoms with Gasteiger partial charge in [-0.15, -0.1) is 6.58 Å². The van der Waals surface area contributed by atoms with Crippen LogP contribution >= 0.6 is 0 Å². The first-order valence-corrected chi connectivity index (χ1v) is 11.9. The van der Waals surface area contributed by atoms with Gasteiger partial charge in [-0.2, -0.15) is 4.98 Å². The Hall–Kier alpha value is -3.67. The fraction of sp³-hybridized carbons (Fsp3) is 0.385. The number of halogens is 1. The van der Waals surface area contributed by atoms with Crippen molar-refractivity contribution in [2.45, 2.75) is 13.2 Å². The molecular weight excluding hydrogens is 479 g/mol. The predicted molar refractivity (Wildman–Crippen MR) is 135 cm³/mol. The molecule has 10 nitrogen and oxygen atoms in total.